The van der Waals surface area contributed by atoms with E-state index in [1.807, 2.05) is 49.4 Å². The van der Waals surface area contributed by atoms with Gasteiger partial charge in [0.2, 0.25) is 11.7 Å². The molecule has 1 aliphatic carbocycles. The molecule has 10 heteroatoms. The Kier molecular flexibility index (Phi) is 10.1. The number of nitrogens with one attached hydrogen (secondary N) is 1. The summed E-state index contributed by atoms with van der Waals surface area (Å²) in [6.45, 7) is 3.85. The van der Waals surface area contributed by atoms with Crippen molar-refractivity contribution < 1.29 is 37.7 Å². The van der Waals surface area contributed by atoms with Crippen LogP contribution in [0.3, 0.4) is 0 Å². The molecule has 0 unspecified atom stereocenters. The van der Waals surface area contributed by atoms with Gasteiger partial charge in [0, 0.05) is 13.1 Å². The average Bonchev–Trinajstić information content (AvgIpc) is 3.66. The van der Waals surface area contributed by atoms with Crippen molar-refractivity contribution in [1.29, 1.82) is 0 Å². The molecule has 2 aromatic carbocycles. The smallest absolute Gasteiger partial charge is 0.344 e. The van der Waals surface area contributed by atoms with Gasteiger partial charge in [-0.05, 0) is 103 Å². The van der Waals surface area contributed by atoms with Crippen LogP contribution in [0.1, 0.15) is 48.6 Å². The Morgan fingerprint density at radius 3 is 2.38 bits per heavy atom. The number of allylic oxidation sites excluding steroid dienone is 2. The van der Waals surface area contributed by atoms with Crippen molar-refractivity contribution in [3.05, 3.63) is 76.8 Å². The van der Waals surface area contributed by atoms with Crippen molar-refractivity contribution in [2.75, 3.05) is 48.1 Å². The van der Waals surface area contributed by atoms with E-state index in [-0.39, 0.29) is 25.0 Å². The van der Waals surface area contributed by atoms with Crippen LogP contribution in [0.15, 0.2) is 58.7 Å². The van der Waals surface area contributed by atoms with E-state index in [2.05, 4.69) is 17.3 Å². The van der Waals surface area contributed by atoms with Gasteiger partial charge in [0.1, 0.15) is 17.6 Å². The van der Waals surface area contributed by atoms with Gasteiger partial charge in [0.25, 0.3) is 0 Å². The molecule has 238 valence electrons. The first-order chi connectivity index (χ1) is 21.8. The highest BCUT2D eigenvalue weighted by Gasteiger charge is 2.27. The number of nitrogens with zero attached hydrogens (tertiary/aromatic N) is 1. The van der Waals surface area contributed by atoms with E-state index >= 15 is 0 Å². The molecule has 1 amide bonds. The molecular formula is C35H40N2O8. The van der Waals surface area contributed by atoms with Gasteiger partial charge in [-0.25, -0.2) is 4.79 Å². The topological polar surface area (TPSA) is 109 Å². The third-order valence-corrected chi connectivity index (χ3v) is 8.17. The van der Waals surface area contributed by atoms with E-state index < -0.39 is 5.97 Å². The fourth-order valence-corrected chi connectivity index (χ4v) is 5.68. The molecule has 1 fully saturated rings. The lowest BCUT2D eigenvalue weighted by Crippen LogP contribution is -2.36. The second-order valence-corrected chi connectivity index (χ2v) is 11.1. The van der Waals surface area contributed by atoms with E-state index in [0.717, 1.165) is 59.3 Å². The van der Waals surface area contributed by atoms with Gasteiger partial charge in [0.05, 0.1) is 40.6 Å². The number of benzene rings is 2. The summed E-state index contributed by atoms with van der Waals surface area (Å²) < 4.78 is 33.7. The summed E-state index contributed by atoms with van der Waals surface area (Å²) in [5.41, 5.74) is 5.56. The maximum absolute atomic E-state index is 13.0. The largest absolute Gasteiger partial charge is 0.497 e. The highest BCUT2D eigenvalue weighted by molar-refractivity contribution is 6.08. The summed E-state index contributed by atoms with van der Waals surface area (Å²) in [6, 6.07) is 13.1. The van der Waals surface area contributed by atoms with E-state index in [1.54, 1.807) is 19.4 Å². The van der Waals surface area contributed by atoms with Crippen molar-refractivity contribution in [3.63, 3.8) is 0 Å². The van der Waals surface area contributed by atoms with E-state index in [4.69, 9.17) is 28.1 Å². The molecule has 1 aliphatic heterocycles. The number of esters is 1. The maximum atomic E-state index is 13.0. The molecule has 1 saturated heterocycles. The number of furan rings is 1. The molecule has 5 rings (SSSR count). The number of piperidine rings is 1. The Hall–Kier alpha value is -4.70. The molecule has 1 aromatic heterocycles. The number of likely N-dealkylation sites (tertiary alicyclic amines) is 1. The van der Waals surface area contributed by atoms with Crippen molar-refractivity contribution in [2.24, 2.45) is 0 Å². The van der Waals surface area contributed by atoms with Crippen LogP contribution in [0.2, 0.25) is 0 Å². The molecular weight excluding hydrogens is 576 g/mol. The van der Waals surface area contributed by atoms with Gasteiger partial charge in [-0.3, -0.25) is 4.79 Å². The Morgan fingerprint density at radius 1 is 1.00 bits per heavy atom. The monoisotopic (exact) mass is 616 g/mol. The highest BCUT2D eigenvalue weighted by atomic mass is 16.6. The number of hydrogen-bond donors (Lipinski definition) is 1. The Labute approximate surface area is 263 Å². The zero-order chi connectivity index (χ0) is 31.9. The molecule has 0 atom stereocenters. The first kappa shape index (κ1) is 31.7. The molecule has 0 spiro atoms. The van der Waals surface area contributed by atoms with Crippen LogP contribution in [0.5, 0.6) is 23.0 Å². The molecule has 2 aliphatic rings. The second-order valence-electron chi connectivity index (χ2n) is 11.1. The number of amides is 1. The third kappa shape index (κ3) is 7.51. The summed E-state index contributed by atoms with van der Waals surface area (Å²) in [6.07, 6.45) is 5.30. The molecule has 45 heavy (non-hydrogen) atoms. The van der Waals surface area contributed by atoms with Crippen LogP contribution >= 0.6 is 0 Å². The average molecular weight is 617 g/mol. The van der Waals surface area contributed by atoms with Crippen LogP contribution < -0.4 is 24.3 Å². The number of carbonyl (C=O) groups is 2. The zero-order valence-electron chi connectivity index (χ0n) is 26.4. The fourth-order valence-electron chi connectivity index (χ4n) is 5.68. The maximum Gasteiger partial charge on any atom is 0.344 e. The summed E-state index contributed by atoms with van der Waals surface area (Å²) in [4.78, 5) is 27.8. The molecule has 2 heterocycles. The number of fused-ring (bicyclic) bond motifs is 1. The standard InChI is InChI=1S/C35H40N2O8/c1-22-28(27-9-8-25(40-3)18-30(27)29(22)19-33(38)36-20-26-7-6-14-43-26)15-23-16-31(41-4)35(32(17-23)42-5)44-21-34(39)45-24-10-12-37(2)13-11-24/h6-9,14-18,24H,10-13,19-21H2,1-5H3,(H,36,38)/b28-15-. The van der Waals surface area contributed by atoms with Crippen LogP contribution in [-0.4, -0.2) is 71.0 Å². The molecule has 10 nitrogen and oxygen atoms in total. The zero-order valence-corrected chi connectivity index (χ0v) is 26.4. The first-order valence-corrected chi connectivity index (χ1v) is 15.0. The summed E-state index contributed by atoms with van der Waals surface area (Å²) >= 11 is 0. The molecule has 0 radical (unpaired) electrons. The van der Waals surface area contributed by atoms with Gasteiger partial charge in [-0.1, -0.05) is 6.07 Å². The van der Waals surface area contributed by atoms with Crippen molar-refractivity contribution in [3.8, 4) is 23.0 Å². The quantitative estimate of drug-likeness (QED) is 0.269. The van der Waals surface area contributed by atoms with Crippen LogP contribution in [0.4, 0.5) is 0 Å². The minimum atomic E-state index is -0.431. The van der Waals surface area contributed by atoms with Gasteiger partial charge >= 0.3 is 5.97 Å². The summed E-state index contributed by atoms with van der Waals surface area (Å²) in [7, 11) is 6.76. The molecule has 1 N–H and O–H groups in total. The van der Waals surface area contributed by atoms with Crippen molar-refractivity contribution in [2.45, 2.75) is 38.8 Å². The van der Waals surface area contributed by atoms with E-state index in [1.165, 1.54) is 14.2 Å². The van der Waals surface area contributed by atoms with Gasteiger partial charge in [-0.2, -0.15) is 0 Å². The number of hydrogen-bond acceptors (Lipinski definition) is 9. The first-order valence-electron chi connectivity index (χ1n) is 15.0. The third-order valence-electron chi connectivity index (χ3n) is 8.17. The number of ether oxygens (including phenoxy) is 5. The van der Waals surface area contributed by atoms with Crippen LogP contribution in [0.25, 0.3) is 17.2 Å². The van der Waals surface area contributed by atoms with E-state index in [0.29, 0.717) is 35.3 Å². The lowest BCUT2D eigenvalue weighted by molar-refractivity contribution is -0.153. The molecule has 0 bridgehead atoms. The number of methoxy groups -OCH3 is 3. The lowest BCUT2D eigenvalue weighted by atomic mass is 10.00. The van der Waals surface area contributed by atoms with Crippen molar-refractivity contribution in [1.82, 2.24) is 10.2 Å². The van der Waals surface area contributed by atoms with Gasteiger partial charge in [-0.15, -0.1) is 0 Å². The Balaban J connectivity index is 1.38. The lowest BCUT2D eigenvalue weighted by Gasteiger charge is -2.28. The SMILES string of the molecule is COc1ccc2c(c1)C(CC(=O)NCc1ccco1)=C(C)/C2=C/c1cc(OC)c(OCC(=O)OC2CCN(C)CC2)c(OC)c1. The minimum Gasteiger partial charge on any atom is -0.497 e. The Bertz CT molecular complexity index is 1560. The number of rotatable bonds is 12. The predicted octanol–water partition coefficient (Wildman–Crippen LogP) is 5.36. The predicted molar refractivity (Wildman–Crippen MR) is 170 cm³/mol. The second kappa shape index (κ2) is 14.4. The minimum absolute atomic E-state index is 0.104. The molecule has 3 aromatic rings. The normalized spacial score (nSPS) is 16.0. The summed E-state index contributed by atoms with van der Waals surface area (Å²) in [5, 5.41) is 2.94. The van der Waals surface area contributed by atoms with Gasteiger partial charge in [0.15, 0.2) is 18.1 Å². The molecule has 0 saturated carbocycles. The van der Waals surface area contributed by atoms with Crippen molar-refractivity contribution >= 4 is 29.1 Å². The number of carbonyl (C=O) groups excluding carboxylic acids is 2. The van der Waals surface area contributed by atoms with E-state index in [9.17, 15) is 9.59 Å². The fraction of sp³-hybridized carbons (Fsp3) is 0.371. The summed E-state index contributed by atoms with van der Waals surface area (Å²) in [5.74, 6) is 2.00. The van der Waals surface area contributed by atoms with Crippen LogP contribution in [0, 0.1) is 0 Å². The van der Waals surface area contributed by atoms with Gasteiger partial charge < -0.3 is 38.3 Å². The van der Waals surface area contributed by atoms with Crippen LogP contribution in [-0.2, 0) is 20.9 Å². The highest BCUT2D eigenvalue weighted by Crippen LogP contribution is 2.46. The Morgan fingerprint density at radius 2 is 1.73 bits per heavy atom.